The summed E-state index contributed by atoms with van der Waals surface area (Å²) >= 11 is 2.77. The fourth-order valence-electron chi connectivity index (χ4n) is 2.31. The van der Waals surface area contributed by atoms with E-state index < -0.39 is 0 Å². The van der Waals surface area contributed by atoms with E-state index in [1.54, 1.807) is 6.07 Å². The number of hydrogen-bond donors (Lipinski definition) is 2. The largest absolute Gasteiger partial charge is 0.399 e. The fourth-order valence-corrected chi connectivity index (χ4v) is 4.01. The fraction of sp³-hybridized carbons (Fsp3) is 0.0526. The van der Waals surface area contributed by atoms with E-state index >= 15 is 0 Å². The van der Waals surface area contributed by atoms with Crippen LogP contribution in [-0.4, -0.2) is 11.7 Å². The first-order chi connectivity index (χ1) is 12.2. The summed E-state index contributed by atoms with van der Waals surface area (Å²) < 4.78 is 0. The smallest absolute Gasteiger partial charge is 0.235 e. The maximum absolute atomic E-state index is 12.2. The minimum atomic E-state index is -0.148. The monoisotopic (exact) mass is 365 g/mol. The number of amides is 1. The van der Waals surface area contributed by atoms with Crippen molar-refractivity contribution in [2.45, 2.75) is 4.90 Å². The van der Waals surface area contributed by atoms with E-state index in [9.17, 15) is 10.1 Å². The molecule has 0 fully saturated rings. The number of hydrogen-bond acceptors (Lipinski definition) is 5. The highest BCUT2D eigenvalue weighted by Gasteiger charge is 2.15. The number of thiophene rings is 1. The van der Waals surface area contributed by atoms with Gasteiger partial charge in [0, 0.05) is 21.5 Å². The Bertz CT molecular complexity index is 929. The van der Waals surface area contributed by atoms with Gasteiger partial charge in [-0.3, -0.25) is 4.79 Å². The lowest BCUT2D eigenvalue weighted by Crippen LogP contribution is -2.13. The van der Waals surface area contributed by atoms with Crippen LogP contribution in [0.1, 0.15) is 5.56 Å². The molecule has 3 rings (SSSR count). The van der Waals surface area contributed by atoms with Crippen LogP contribution in [0.4, 0.5) is 10.7 Å². The Hall–Kier alpha value is -2.75. The molecule has 25 heavy (non-hydrogen) atoms. The van der Waals surface area contributed by atoms with Crippen molar-refractivity contribution in [2.24, 2.45) is 0 Å². The van der Waals surface area contributed by atoms with Crippen LogP contribution < -0.4 is 11.1 Å². The Morgan fingerprint density at radius 1 is 1.20 bits per heavy atom. The minimum Gasteiger partial charge on any atom is -0.399 e. The van der Waals surface area contributed by atoms with Crippen molar-refractivity contribution >= 4 is 39.7 Å². The predicted molar refractivity (Wildman–Crippen MR) is 105 cm³/mol. The molecule has 1 heterocycles. The van der Waals surface area contributed by atoms with E-state index in [0.717, 1.165) is 16.0 Å². The number of nitrogens with zero attached hydrogens (tertiary/aromatic N) is 1. The van der Waals surface area contributed by atoms with Crippen LogP contribution in [0, 0.1) is 11.3 Å². The Balaban J connectivity index is 1.70. The number of nitrogens with one attached hydrogen (secondary N) is 1. The lowest BCUT2D eigenvalue weighted by molar-refractivity contribution is -0.113. The van der Waals surface area contributed by atoms with Gasteiger partial charge in [0.05, 0.1) is 11.3 Å². The van der Waals surface area contributed by atoms with Gasteiger partial charge in [-0.25, -0.2) is 0 Å². The van der Waals surface area contributed by atoms with Gasteiger partial charge in [-0.05, 0) is 23.8 Å². The molecule has 0 aliphatic heterocycles. The minimum absolute atomic E-state index is 0.148. The molecular formula is C19H15N3OS2. The molecule has 0 bridgehead atoms. The van der Waals surface area contributed by atoms with Crippen molar-refractivity contribution in [3.8, 4) is 17.2 Å². The van der Waals surface area contributed by atoms with E-state index in [1.165, 1.54) is 23.1 Å². The van der Waals surface area contributed by atoms with Gasteiger partial charge in [0.25, 0.3) is 0 Å². The SMILES string of the molecule is N#Cc1c(-c2ccccc2)csc1NC(=O)CSc1cccc(N)c1. The maximum Gasteiger partial charge on any atom is 0.235 e. The van der Waals surface area contributed by atoms with E-state index in [2.05, 4.69) is 11.4 Å². The summed E-state index contributed by atoms with van der Waals surface area (Å²) in [6, 6.07) is 19.3. The average molecular weight is 365 g/mol. The molecule has 0 atom stereocenters. The molecule has 0 aliphatic rings. The second-order valence-corrected chi connectivity index (χ2v) is 7.17. The van der Waals surface area contributed by atoms with Gasteiger partial charge in [-0.2, -0.15) is 5.26 Å². The quantitative estimate of drug-likeness (QED) is 0.511. The molecule has 0 aliphatic carbocycles. The molecule has 1 aromatic heterocycles. The highest BCUT2D eigenvalue weighted by atomic mass is 32.2. The summed E-state index contributed by atoms with van der Waals surface area (Å²) in [4.78, 5) is 13.2. The molecule has 6 heteroatoms. The van der Waals surface area contributed by atoms with Crippen LogP contribution in [0.3, 0.4) is 0 Å². The van der Waals surface area contributed by atoms with Gasteiger partial charge in [0.15, 0.2) is 0 Å². The number of thioether (sulfide) groups is 1. The first kappa shape index (κ1) is 17.1. The third-order valence-corrected chi connectivity index (χ3v) is 5.36. The zero-order valence-corrected chi connectivity index (χ0v) is 14.9. The van der Waals surface area contributed by atoms with E-state index in [4.69, 9.17) is 5.73 Å². The second kappa shape index (κ2) is 7.88. The van der Waals surface area contributed by atoms with Gasteiger partial charge in [-0.15, -0.1) is 23.1 Å². The summed E-state index contributed by atoms with van der Waals surface area (Å²) in [6.45, 7) is 0. The number of rotatable bonds is 5. The first-order valence-corrected chi connectivity index (χ1v) is 9.39. The normalized spacial score (nSPS) is 10.2. The van der Waals surface area contributed by atoms with Gasteiger partial charge >= 0.3 is 0 Å². The average Bonchev–Trinajstić information content (AvgIpc) is 3.03. The van der Waals surface area contributed by atoms with Crippen LogP contribution in [-0.2, 0) is 4.79 Å². The molecule has 0 unspecified atom stereocenters. The summed E-state index contributed by atoms with van der Waals surface area (Å²) in [5.74, 6) is 0.109. The van der Waals surface area contributed by atoms with Crippen molar-refractivity contribution in [1.29, 1.82) is 5.26 Å². The molecule has 0 saturated carbocycles. The Morgan fingerprint density at radius 2 is 2.00 bits per heavy atom. The van der Waals surface area contributed by atoms with Gasteiger partial charge in [-0.1, -0.05) is 36.4 Å². The van der Waals surface area contributed by atoms with Crippen LogP contribution in [0.2, 0.25) is 0 Å². The van der Waals surface area contributed by atoms with Crippen LogP contribution in [0.5, 0.6) is 0 Å². The van der Waals surface area contributed by atoms with Crippen molar-refractivity contribution < 1.29 is 4.79 Å². The summed E-state index contributed by atoms with van der Waals surface area (Å²) in [5.41, 5.74) is 8.71. The predicted octanol–water partition coefficient (Wildman–Crippen LogP) is 4.60. The molecule has 0 saturated heterocycles. The zero-order valence-electron chi connectivity index (χ0n) is 13.2. The lowest BCUT2D eigenvalue weighted by atomic mass is 10.1. The number of carbonyl (C=O) groups is 1. The maximum atomic E-state index is 12.2. The number of carbonyl (C=O) groups excluding carboxylic acids is 1. The van der Waals surface area contributed by atoms with Gasteiger partial charge in [0.2, 0.25) is 5.91 Å². The van der Waals surface area contributed by atoms with Crippen LogP contribution in [0.15, 0.2) is 64.9 Å². The molecule has 4 nitrogen and oxygen atoms in total. The molecule has 3 N–H and O–H groups in total. The van der Waals surface area contributed by atoms with Crippen molar-refractivity contribution in [3.05, 3.63) is 65.5 Å². The Kier molecular flexibility index (Phi) is 5.39. The third kappa shape index (κ3) is 4.21. The van der Waals surface area contributed by atoms with Crippen LogP contribution >= 0.6 is 23.1 Å². The molecule has 124 valence electrons. The lowest BCUT2D eigenvalue weighted by Gasteiger charge is -2.05. The van der Waals surface area contributed by atoms with E-state index in [1.807, 2.05) is 53.9 Å². The van der Waals surface area contributed by atoms with Crippen molar-refractivity contribution in [1.82, 2.24) is 0 Å². The van der Waals surface area contributed by atoms with Gasteiger partial charge < -0.3 is 11.1 Å². The summed E-state index contributed by atoms with van der Waals surface area (Å²) in [6.07, 6.45) is 0. The third-order valence-electron chi connectivity index (χ3n) is 3.47. The van der Waals surface area contributed by atoms with E-state index in [0.29, 0.717) is 16.3 Å². The molecule has 0 spiro atoms. The standard InChI is InChI=1S/C19H15N3OS2/c20-10-16-17(13-5-2-1-3-6-13)11-25-19(16)22-18(23)12-24-15-8-4-7-14(21)9-15/h1-9,11H,12,21H2,(H,22,23). The number of anilines is 2. The second-order valence-electron chi connectivity index (χ2n) is 5.24. The first-order valence-electron chi connectivity index (χ1n) is 7.52. The molecule has 1 amide bonds. The highest BCUT2D eigenvalue weighted by Crippen LogP contribution is 2.35. The molecular weight excluding hydrogens is 350 g/mol. The summed E-state index contributed by atoms with van der Waals surface area (Å²) in [7, 11) is 0. The zero-order chi connectivity index (χ0) is 17.6. The van der Waals surface area contributed by atoms with E-state index in [-0.39, 0.29) is 11.7 Å². The number of benzene rings is 2. The molecule has 3 aromatic rings. The topological polar surface area (TPSA) is 78.9 Å². The van der Waals surface area contributed by atoms with Gasteiger partial charge in [0.1, 0.15) is 11.1 Å². The summed E-state index contributed by atoms with van der Waals surface area (Å²) in [5, 5.41) is 14.8. The van der Waals surface area contributed by atoms with Crippen LogP contribution in [0.25, 0.3) is 11.1 Å². The number of nitriles is 1. The number of nitrogen functional groups attached to an aromatic ring is 1. The number of nitrogens with two attached hydrogens (primary N) is 1. The van der Waals surface area contributed by atoms with Crippen molar-refractivity contribution in [3.63, 3.8) is 0 Å². The molecule has 2 aromatic carbocycles. The Labute approximate surface area is 154 Å². The highest BCUT2D eigenvalue weighted by molar-refractivity contribution is 8.00. The Morgan fingerprint density at radius 3 is 2.72 bits per heavy atom. The molecule has 0 radical (unpaired) electrons. The van der Waals surface area contributed by atoms with Crippen molar-refractivity contribution in [2.75, 3.05) is 16.8 Å².